The predicted molar refractivity (Wildman–Crippen MR) is 130 cm³/mol. The number of esters is 1. The summed E-state index contributed by atoms with van der Waals surface area (Å²) in [7, 11) is 1.56. The zero-order chi connectivity index (χ0) is 25.5. The molecule has 5 atom stereocenters. The molecule has 3 N–H and O–H groups in total. The monoisotopic (exact) mass is 494 g/mol. The maximum atomic E-state index is 13.6. The second-order valence-corrected chi connectivity index (χ2v) is 10.2. The number of nitrogens with one attached hydrogen (secondary N) is 2. The minimum atomic E-state index is -1.04. The van der Waals surface area contributed by atoms with Crippen LogP contribution in [0.4, 0.5) is 4.79 Å². The number of amides is 3. The quantitative estimate of drug-likeness (QED) is 0.418. The molecule has 1 aliphatic carbocycles. The predicted octanol–water partition coefficient (Wildman–Crippen LogP) is 1.97. The summed E-state index contributed by atoms with van der Waals surface area (Å²) in [5.41, 5.74) is 0. The first kappa shape index (κ1) is 27.2. The van der Waals surface area contributed by atoms with Crippen LogP contribution in [0, 0.1) is 11.8 Å². The van der Waals surface area contributed by atoms with Crippen molar-refractivity contribution in [2.75, 3.05) is 26.7 Å². The van der Waals surface area contributed by atoms with Gasteiger partial charge >= 0.3 is 18.0 Å². The fraction of sp³-hybridized carbons (Fsp3) is 0.840. The topological polar surface area (TPSA) is 128 Å². The van der Waals surface area contributed by atoms with Gasteiger partial charge in [-0.05, 0) is 51.4 Å². The summed E-state index contributed by atoms with van der Waals surface area (Å²) in [6.07, 6.45) is 8.55. The molecule has 3 amide bonds. The molecule has 0 radical (unpaired) electrons. The lowest BCUT2D eigenvalue weighted by atomic mass is 9.85. The van der Waals surface area contributed by atoms with E-state index in [0.29, 0.717) is 38.3 Å². The molecule has 10 heteroatoms. The summed E-state index contributed by atoms with van der Waals surface area (Å²) in [5.74, 6) is -1.15. The molecule has 0 bridgehead atoms. The van der Waals surface area contributed by atoms with Crippen LogP contribution in [-0.2, 0) is 19.1 Å². The van der Waals surface area contributed by atoms with E-state index in [4.69, 9.17) is 4.74 Å². The Balaban J connectivity index is 1.71. The highest BCUT2D eigenvalue weighted by Gasteiger charge is 2.50. The standard InChI is InChI=1S/C25H42N4O6/c1-4-35-24(33)19(11-10-17-8-6-5-7-9-17)27-16(2)22(30)29-20(23(31)32)14-18-12-13-28(15-21(18)29)25(34)26-3/h16-21,27H,4-15H2,1-3H3,(H,26,34)(H,31,32)/t16-,18?,19?,20?,21?/m0/s1. The number of rotatable bonds is 9. The van der Waals surface area contributed by atoms with E-state index in [9.17, 15) is 24.3 Å². The van der Waals surface area contributed by atoms with Crippen molar-refractivity contribution in [2.24, 2.45) is 11.8 Å². The fourth-order valence-corrected chi connectivity index (χ4v) is 6.07. The second kappa shape index (κ2) is 12.6. The number of carbonyl (C=O) groups is 4. The molecule has 2 saturated heterocycles. The minimum absolute atomic E-state index is 0.0281. The molecule has 35 heavy (non-hydrogen) atoms. The third-order valence-corrected chi connectivity index (χ3v) is 7.96. The van der Waals surface area contributed by atoms with E-state index in [1.807, 2.05) is 0 Å². The number of fused-ring (bicyclic) bond motifs is 1. The van der Waals surface area contributed by atoms with Gasteiger partial charge in [0.1, 0.15) is 12.1 Å². The van der Waals surface area contributed by atoms with E-state index in [1.54, 1.807) is 25.8 Å². The maximum Gasteiger partial charge on any atom is 0.326 e. The number of likely N-dealkylation sites (tertiary alicyclic amines) is 2. The average Bonchev–Trinajstić information content (AvgIpc) is 3.25. The molecule has 0 spiro atoms. The van der Waals surface area contributed by atoms with Crippen LogP contribution >= 0.6 is 0 Å². The van der Waals surface area contributed by atoms with E-state index in [0.717, 1.165) is 6.42 Å². The molecular weight excluding hydrogens is 452 g/mol. The van der Waals surface area contributed by atoms with Gasteiger partial charge in [-0.1, -0.05) is 32.1 Å². The van der Waals surface area contributed by atoms with E-state index in [2.05, 4.69) is 10.6 Å². The summed E-state index contributed by atoms with van der Waals surface area (Å²) in [4.78, 5) is 53.6. The zero-order valence-electron chi connectivity index (χ0n) is 21.3. The molecule has 1 saturated carbocycles. The van der Waals surface area contributed by atoms with Crippen molar-refractivity contribution in [3.8, 4) is 0 Å². The second-order valence-electron chi connectivity index (χ2n) is 10.2. The highest BCUT2D eigenvalue weighted by Crippen LogP contribution is 2.36. The Hall–Kier alpha value is -2.36. The molecular formula is C25H42N4O6. The Morgan fingerprint density at radius 3 is 2.46 bits per heavy atom. The Bertz CT molecular complexity index is 771. The number of carbonyl (C=O) groups excluding carboxylic acids is 3. The normalized spacial score (nSPS) is 26.5. The Morgan fingerprint density at radius 2 is 1.83 bits per heavy atom. The first-order chi connectivity index (χ1) is 16.8. The highest BCUT2D eigenvalue weighted by atomic mass is 16.5. The van der Waals surface area contributed by atoms with Crippen molar-refractivity contribution in [3.05, 3.63) is 0 Å². The van der Waals surface area contributed by atoms with Crippen LogP contribution in [0.2, 0.25) is 0 Å². The Labute approximate surface area is 208 Å². The molecule has 2 aliphatic heterocycles. The lowest BCUT2D eigenvalue weighted by Crippen LogP contribution is -2.59. The van der Waals surface area contributed by atoms with Crippen LogP contribution in [0.3, 0.4) is 0 Å². The van der Waals surface area contributed by atoms with Crippen molar-refractivity contribution < 1.29 is 29.0 Å². The maximum absolute atomic E-state index is 13.6. The van der Waals surface area contributed by atoms with Gasteiger partial charge in [0, 0.05) is 20.1 Å². The van der Waals surface area contributed by atoms with Gasteiger partial charge in [-0.15, -0.1) is 0 Å². The summed E-state index contributed by atoms with van der Waals surface area (Å²) in [6.45, 7) is 4.54. The minimum Gasteiger partial charge on any atom is -0.480 e. The molecule has 0 aromatic rings. The number of ether oxygens (including phenoxy) is 1. The van der Waals surface area contributed by atoms with Crippen molar-refractivity contribution in [2.45, 2.75) is 95.8 Å². The summed E-state index contributed by atoms with van der Waals surface area (Å²) < 4.78 is 5.28. The van der Waals surface area contributed by atoms with Gasteiger partial charge in [-0.25, -0.2) is 9.59 Å². The first-order valence-corrected chi connectivity index (χ1v) is 13.2. The number of hydrogen-bond acceptors (Lipinski definition) is 6. The molecule has 198 valence electrons. The summed E-state index contributed by atoms with van der Waals surface area (Å²) in [6, 6.07) is -2.90. The van der Waals surface area contributed by atoms with Gasteiger partial charge in [-0.3, -0.25) is 14.9 Å². The Kier molecular flexibility index (Phi) is 9.77. The highest BCUT2D eigenvalue weighted by molar-refractivity contribution is 5.88. The van der Waals surface area contributed by atoms with Crippen molar-refractivity contribution >= 4 is 23.9 Å². The van der Waals surface area contributed by atoms with Crippen LogP contribution in [0.1, 0.15) is 71.6 Å². The number of piperidine rings is 1. The van der Waals surface area contributed by atoms with E-state index < -0.39 is 24.1 Å². The third-order valence-electron chi connectivity index (χ3n) is 7.96. The van der Waals surface area contributed by atoms with Crippen LogP contribution in [0.5, 0.6) is 0 Å². The van der Waals surface area contributed by atoms with E-state index in [-0.39, 0.29) is 36.5 Å². The van der Waals surface area contributed by atoms with Gasteiger partial charge in [0.05, 0.1) is 18.7 Å². The molecule has 3 fully saturated rings. The van der Waals surface area contributed by atoms with Crippen molar-refractivity contribution in [1.29, 1.82) is 0 Å². The third kappa shape index (κ3) is 6.65. The first-order valence-electron chi connectivity index (χ1n) is 13.2. The molecule has 3 aliphatic rings. The number of hydrogen-bond donors (Lipinski definition) is 3. The number of carboxylic acid groups (broad SMARTS) is 1. The van der Waals surface area contributed by atoms with Crippen LogP contribution in [-0.4, -0.2) is 89.7 Å². The average molecular weight is 495 g/mol. The van der Waals surface area contributed by atoms with E-state index in [1.165, 1.54) is 37.0 Å². The number of nitrogens with zero attached hydrogens (tertiary/aromatic N) is 2. The SMILES string of the molecule is CCOC(=O)C(CCC1CCCCC1)N[C@@H](C)C(=O)N1C(C(=O)O)CC2CCN(C(=O)NC)CC21. The molecule has 3 rings (SSSR count). The lowest BCUT2D eigenvalue weighted by Gasteiger charge is -2.39. The largest absolute Gasteiger partial charge is 0.480 e. The van der Waals surface area contributed by atoms with Gasteiger partial charge < -0.3 is 25.0 Å². The van der Waals surface area contributed by atoms with Crippen molar-refractivity contribution in [3.63, 3.8) is 0 Å². The van der Waals surface area contributed by atoms with Gasteiger partial charge in [0.2, 0.25) is 5.91 Å². The van der Waals surface area contributed by atoms with Crippen LogP contribution in [0.15, 0.2) is 0 Å². The molecule has 0 aromatic heterocycles. The molecule has 2 heterocycles. The molecule has 10 nitrogen and oxygen atoms in total. The molecule has 0 aromatic carbocycles. The number of urea groups is 1. The van der Waals surface area contributed by atoms with Crippen LogP contribution in [0.25, 0.3) is 0 Å². The van der Waals surface area contributed by atoms with Gasteiger partial charge in [0.15, 0.2) is 0 Å². The Morgan fingerprint density at radius 1 is 1.11 bits per heavy atom. The van der Waals surface area contributed by atoms with Gasteiger partial charge in [-0.2, -0.15) is 0 Å². The number of carboxylic acids is 1. The van der Waals surface area contributed by atoms with E-state index >= 15 is 0 Å². The smallest absolute Gasteiger partial charge is 0.326 e. The van der Waals surface area contributed by atoms with Crippen LogP contribution < -0.4 is 10.6 Å². The van der Waals surface area contributed by atoms with Gasteiger partial charge in [0.25, 0.3) is 0 Å². The fourth-order valence-electron chi connectivity index (χ4n) is 6.07. The zero-order valence-corrected chi connectivity index (χ0v) is 21.3. The lowest BCUT2D eigenvalue weighted by molar-refractivity contribution is -0.152. The summed E-state index contributed by atoms with van der Waals surface area (Å²) in [5, 5.41) is 15.6. The molecule has 4 unspecified atom stereocenters. The van der Waals surface area contributed by atoms with Crippen molar-refractivity contribution in [1.82, 2.24) is 20.4 Å². The summed E-state index contributed by atoms with van der Waals surface area (Å²) >= 11 is 0. The number of aliphatic carboxylic acids is 1.